The molecule has 0 bridgehead atoms. The third-order valence-corrected chi connectivity index (χ3v) is 4.64. The molecule has 2 N–H and O–H groups in total. The van der Waals surface area contributed by atoms with E-state index in [2.05, 4.69) is 15.4 Å². The fraction of sp³-hybridized carbons (Fsp3) is 0.250. The molecule has 2 heterocycles. The molecular weight excluding hydrogens is 328 g/mol. The van der Waals surface area contributed by atoms with E-state index in [4.69, 9.17) is 0 Å². The fourth-order valence-electron chi connectivity index (χ4n) is 3.24. The highest BCUT2D eigenvalue weighted by Crippen LogP contribution is 2.18. The molecule has 1 amide bonds. The minimum absolute atomic E-state index is 0.0452. The molecular formula is C20H20N4O2. The number of aliphatic hydroxyl groups is 1. The number of carbonyl (C=O) groups excluding carboxylic acids is 1. The number of amides is 1. The Morgan fingerprint density at radius 2 is 2.08 bits per heavy atom. The SMILES string of the molecule is O=C(N[C@@H]1C=C[C@H](CO)C1)c1cnc2c(cnn2Cc2ccccc2)c1. The van der Waals surface area contributed by atoms with E-state index >= 15 is 0 Å². The smallest absolute Gasteiger partial charge is 0.253 e. The Labute approximate surface area is 151 Å². The van der Waals surface area contributed by atoms with Gasteiger partial charge in [-0.15, -0.1) is 0 Å². The number of pyridine rings is 1. The molecule has 132 valence electrons. The number of aromatic nitrogens is 3. The lowest BCUT2D eigenvalue weighted by Crippen LogP contribution is -2.33. The predicted molar refractivity (Wildman–Crippen MR) is 98.7 cm³/mol. The van der Waals surface area contributed by atoms with Gasteiger partial charge >= 0.3 is 0 Å². The number of hydrogen-bond donors (Lipinski definition) is 2. The Bertz CT molecular complexity index is 949. The third-order valence-electron chi connectivity index (χ3n) is 4.64. The van der Waals surface area contributed by atoms with E-state index in [1.54, 1.807) is 12.4 Å². The van der Waals surface area contributed by atoms with Crippen LogP contribution in [0.25, 0.3) is 11.0 Å². The number of aliphatic hydroxyl groups excluding tert-OH is 1. The maximum Gasteiger partial charge on any atom is 0.253 e. The van der Waals surface area contributed by atoms with Crippen molar-refractivity contribution >= 4 is 16.9 Å². The van der Waals surface area contributed by atoms with Crippen LogP contribution in [0.4, 0.5) is 0 Å². The Morgan fingerprint density at radius 3 is 2.85 bits per heavy atom. The van der Waals surface area contributed by atoms with Crippen molar-refractivity contribution in [3.8, 4) is 0 Å². The molecule has 6 nitrogen and oxygen atoms in total. The van der Waals surface area contributed by atoms with E-state index in [0.29, 0.717) is 12.1 Å². The molecule has 0 saturated heterocycles. The lowest BCUT2D eigenvalue weighted by Gasteiger charge is -2.12. The molecule has 2 aromatic heterocycles. The molecule has 1 aliphatic rings. The second-order valence-electron chi connectivity index (χ2n) is 6.57. The van der Waals surface area contributed by atoms with Crippen molar-refractivity contribution in [1.82, 2.24) is 20.1 Å². The summed E-state index contributed by atoms with van der Waals surface area (Å²) < 4.78 is 1.83. The first-order valence-corrected chi connectivity index (χ1v) is 8.68. The van der Waals surface area contributed by atoms with Crippen molar-refractivity contribution < 1.29 is 9.90 Å². The van der Waals surface area contributed by atoms with Gasteiger partial charge in [0.2, 0.25) is 0 Å². The minimum atomic E-state index is -0.163. The number of fused-ring (bicyclic) bond motifs is 1. The van der Waals surface area contributed by atoms with Gasteiger partial charge in [-0.3, -0.25) is 4.79 Å². The van der Waals surface area contributed by atoms with E-state index in [1.165, 1.54) is 0 Å². The van der Waals surface area contributed by atoms with Gasteiger partial charge in [-0.2, -0.15) is 5.10 Å². The first-order valence-electron chi connectivity index (χ1n) is 8.68. The first-order chi connectivity index (χ1) is 12.7. The number of nitrogens with one attached hydrogen (secondary N) is 1. The van der Waals surface area contributed by atoms with Gasteiger partial charge in [-0.1, -0.05) is 42.5 Å². The zero-order chi connectivity index (χ0) is 17.9. The van der Waals surface area contributed by atoms with Gasteiger partial charge in [0.15, 0.2) is 5.65 Å². The fourth-order valence-corrected chi connectivity index (χ4v) is 3.24. The summed E-state index contributed by atoms with van der Waals surface area (Å²) in [4.78, 5) is 16.9. The number of nitrogens with zero attached hydrogens (tertiary/aromatic N) is 3. The van der Waals surface area contributed by atoms with Crippen LogP contribution >= 0.6 is 0 Å². The van der Waals surface area contributed by atoms with Crippen LogP contribution < -0.4 is 5.32 Å². The van der Waals surface area contributed by atoms with Crippen LogP contribution in [-0.2, 0) is 6.54 Å². The molecule has 0 saturated carbocycles. The van der Waals surface area contributed by atoms with Crippen molar-refractivity contribution in [2.45, 2.75) is 19.0 Å². The number of carbonyl (C=O) groups is 1. The average Bonchev–Trinajstić information content (AvgIpc) is 3.29. The normalized spacial score (nSPS) is 19.1. The summed E-state index contributed by atoms with van der Waals surface area (Å²) in [5, 5.41) is 17.4. The van der Waals surface area contributed by atoms with Gasteiger partial charge in [0.25, 0.3) is 5.91 Å². The topological polar surface area (TPSA) is 80.0 Å². The number of hydrogen-bond acceptors (Lipinski definition) is 4. The molecule has 3 aromatic rings. The summed E-state index contributed by atoms with van der Waals surface area (Å²) in [6, 6.07) is 11.8. The lowest BCUT2D eigenvalue weighted by atomic mass is 10.1. The van der Waals surface area contributed by atoms with Crippen LogP contribution in [0.2, 0.25) is 0 Å². The van der Waals surface area contributed by atoms with Crippen LogP contribution in [-0.4, -0.2) is 38.4 Å². The van der Waals surface area contributed by atoms with E-state index in [0.717, 1.165) is 23.0 Å². The minimum Gasteiger partial charge on any atom is -0.396 e. The maximum atomic E-state index is 12.5. The van der Waals surface area contributed by atoms with Gasteiger partial charge in [-0.05, 0) is 18.1 Å². The van der Waals surface area contributed by atoms with Gasteiger partial charge in [0, 0.05) is 30.1 Å². The summed E-state index contributed by atoms with van der Waals surface area (Å²) >= 11 is 0. The highest BCUT2D eigenvalue weighted by atomic mass is 16.3. The predicted octanol–water partition coefficient (Wildman–Crippen LogP) is 2.15. The van der Waals surface area contributed by atoms with E-state index in [9.17, 15) is 9.90 Å². The van der Waals surface area contributed by atoms with Crippen LogP contribution in [0.1, 0.15) is 22.3 Å². The molecule has 6 heteroatoms. The monoisotopic (exact) mass is 348 g/mol. The molecule has 2 atom stereocenters. The standard InChI is InChI=1S/C20H20N4O2/c25-13-15-6-7-18(8-15)23-20(26)17-9-16-11-22-24(19(16)21-10-17)12-14-4-2-1-3-5-14/h1-7,9-11,15,18,25H,8,12-13H2,(H,23,26)/t15-,18+/m0/s1. The summed E-state index contributed by atoms with van der Waals surface area (Å²) in [6.07, 6.45) is 7.93. The summed E-state index contributed by atoms with van der Waals surface area (Å²) in [6.45, 7) is 0.745. The van der Waals surface area contributed by atoms with Crippen LogP contribution in [0, 0.1) is 5.92 Å². The first kappa shape index (κ1) is 16.5. The van der Waals surface area contributed by atoms with Crippen LogP contribution in [0.5, 0.6) is 0 Å². The molecule has 4 rings (SSSR count). The second-order valence-corrected chi connectivity index (χ2v) is 6.57. The molecule has 0 fully saturated rings. The van der Waals surface area contributed by atoms with Crippen LogP contribution in [0.15, 0.2) is 60.9 Å². The summed E-state index contributed by atoms with van der Waals surface area (Å²) in [5.41, 5.74) is 2.41. The molecule has 1 aliphatic carbocycles. The molecule has 1 aromatic carbocycles. The molecule has 26 heavy (non-hydrogen) atoms. The average molecular weight is 348 g/mol. The Kier molecular flexibility index (Phi) is 4.50. The highest BCUT2D eigenvalue weighted by molar-refractivity contribution is 5.97. The van der Waals surface area contributed by atoms with E-state index < -0.39 is 0 Å². The number of benzene rings is 1. The van der Waals surface area contributed by atoms with Gasteiger partial charge in [-0.25, -0.2) is 9.67 Å². The second kappa shape index (κ2) is 7.09. The Hall–Kier alpha value is -2.99. The number of rotatable bonds is 5. The quantitative estimate of drug-likeness (QED) is 0.693. The Morgan fingerprint density at radius 1 is 1.23 bits per heavy atom. The van der Waals surface area contributed by atoms with Gasteiger partial charge in [0.05, 0.1) is 18.3 Å². The zero-order valence-electron chi connectivity index (χ0n) is 14.2. The van der Waals surface area contributed by atoms with Crippen molar-refractivity contribution in [1.29, 1.82) is 0 Å². The van der Waals surface area contributed by atoms with Crippen molar-refractivity contribution in [3.63, 3.8) is 0 Å². The molecule has 0 aliphatic heterocycles. The molecule has 0 unspecified atom stereocenters. The summed E-state index contributed by atoms with van der Waals surface area (Å²) in [5.74, 6) is -0.0411. The lowest BCUT2D eigenvalue weighted by molar-refractivity contribution is 0.0941. The zero-order valence-corrected chi connectivity index (χ0v) is 14.2. The molecule has 0 spiro atoms. The third kappa shape index (κ3) is 3.36. The van der Waals surface area contributed by atoms with Gasteiger partial charge in [0.1, 0.15) is 0 Å². The largest absolute Gasteiger partial charge is 0.396 e. The van der Waals surface area contributed by atoms with E-state index in [-0.39, 0.29) is 24.5 Å². The summed E-state index contributed by atoms with van der Waals surface area (Å²) in [7, 11) is 0. The van der Waals surface area contributed by atoms with E-state index in [1.807, 2.05) is 53.2 Å². The van der Waals surface area contributed by atoms with Crippen molar-refractivity contribution in [2.75, 3.05) is 6.61 Å². The maximum absolute atomic E-state index is 12.5. The van der Waals surface area contributed by atoms with Crippen molar-refractivity contribution in [2.24, 2.45) is 5.92 Å². The molecule has 0 radical (unpaired) electrons. The highest BCUT2D eigenvalue weighted by Gasteiger charge is 2.20. The Balaban J connectivity index is 1.50. The van der Waals surface area contributed by atoms with Crippen LogP contribution in [0.3, 0.4) is 0 Å². The van der Waals surface area contributed by atoms with Crippen molar-refractivity contribution in [3.05, 3.63) is 72.1 Å². The van der Waals surface area contributed by atoms with Gasteiger partial charge < -0.3 is 10.4 Å².